The fourth-order valence-electron chi connectivity index (χ4n) is 2.61. The van der Waals surface area contributed by atoms with E-state index in [1.165, 1.54) is 12.7 Å². The average Bonchev–Trinajstić information content (AvgIpc) is 2.61. The van der Waals surface area contributed by atoms with Crippen LogP contribution < -0.4 is 0 Å². The summed E-state index contributed by atoms with van der Waals surface area (Å²) < 4.78 is 10.9. The molecule has 1 atom stereocenters. The van der Waals surface area contributed by atoms with Gasteiger partial charge in [0.1, 0.15) is 19.7 Å². The normalized spacial score (nSPS) is 13.2. The van der Waals surface area contributed by atoms with Crippen LogP contribution in [0, 0.1) is 5.92 Å². The molecule has 0 amide bonds. The maximum absolute atomic E-state index is 12.2. The van der Waals surface area contributed by atoms with Gasteiger partial charge < -0.3 is 14.0 Å². The Morgan fingerprint density at radius 3 is 2.42 bits per heavy atom. The summed E-state index contributed by atoms with van der Waals surface area (Å²) in [6.07, 6.45) is 2.83. The Balaban J connectivity index is 2.42. The number of rotatable bonds is 10. The molecule has 5 nitrogen and oxygen atoms in total. The minimum Gasteiger partial charge on any atom is -0.466 e. The number of esters is 2. The topological polar surface area (TPSA) is 52.6 Å². The maximum atomic E-state index is 12.2. The molecule has 26 heavy (non-hydrogen) atoms. The molecule has 0 heterocycles. The predicted molar refractivity (Wildman–Crippen MR) is 102 cm³/mol. The summed E-state index contributed by atoms with van der Waals surface area (Å²) in [7, 11) is 5.60. The second-order valence-electron chi connectivity index (χ2n) is 7.18. The first-order valence-corrected chi connectivity index (χ1v) is 9.09. The van der Waals surface area contributed by atoms with Crippen molar-refractivity contribution >= 4 is 11.9 Å². The third-order valence-corrected chi connectivity index (χ3v) is 4.34. The van der Waals surface area contributed by atoms with Crippen LogP contribution in [0.1, 0.15) is 32.3 Å². The van der Waals surface area contributed by atoms with Gasteiger partial charge in [-0.2, -0.15) is 0 Å². The van der Waals surface area contributed by atoms with Crippen molar-refractivity contribution in [3.63, 3.8) is 0 Å². The molecule has 0 saturated carbocycles. The van der Waals surface area contributed by atoms with Gasteiger partial charge in [-0.15, -0.1) is 0 Å². The number of allylic oxidation sites excluding steroid dienone is 1. The Morgan fingerprint density at radius 1 is 1.19 bits per heavy atom. The first-order valence-electron chi connectivity index (χ1n) is 9.09. The smallest absolute Gasteiger partial charge is 0.333 e. The molecule has 144 valence electrons. The van der Waals surface area contributed by atoms with Crippen molar-refractivity contribution in [1.29, 1.82) is 0 Å². The van der Waals surface area contributed by atoms with Gasteiger partial charge in [0.25, 0.3) is 0 Å². The number of hydrogen-bond donors (Lipinski definition) is 0. The molecule has 0 N–H and O–H groups in total. The van der Waals surface area contributed by atoms with Gasteiger partial charge in [-0.3, -0.25) is 4.79 Å². The molecule has 0 aliphatic heterocycles. The molecular formula is C21H32NO4+. The van der Waals surface area contributed by atoms with Crippen LogP contribution in [0.4, 0.5) is 0 Å². The zero-order valence-electron chi connectivity index (χ0n) is 16.7. The lowest BCUT2D eigenvalue weighted by Gasteiger charge is -2.29. The molecule has 1 aromatic rings. The third kappa shape index (κ3) is 7.83. The molecule has 1 unspecified atom stereocenters. The van der Waals surface area contributed by atoms with Gasteiger partial charge in [0, 0.05) is 11.1 Å². The van der Waals surface area contributed by atoms with Crippen molar-refractivity contribution in [2.24, 2.45) is 5.92 Å². The number of likely N-dealkylation sites (N-methyl/N-ethyl adjacent to an activating group) is 1. The Morgan fingerprint density at radius 2 is 1.85 bits per heavy atom. The summed E-state index contributed by atoms with van der Waals surface area (Å²) >= 11 is 0. The van der Waals surface area contributed by atoms with E-state index in [-0.39, 0.29) is 17.9 Å². The minimum atomic E-state index is -0.340. The van der Waals surface area contributed by atoms with E-state index in [1.54, 1.807) is 6.08 Å². The summed E-state index contributed by atoms with van der Waals surface area (Å²) in [5, 5.41) is 0. The van der Waals surface area contributed by atoms with Crippen molar-refractivity contribution < 1.29 is 23.5 Å². The monoisotopic (exact) mass is 362 g/mol. The first-order chi connectivity index (χ1) is 12.3. The zero-order chi connectivity index (χ0) is 19.6. The second kappa shape index (κ2) is 10.8. The number of carbonyl (C=O) groups excluding carboxylic acids is 2. The van der Waals surface area contributed by atoms with E-state index in [0.29, 0.717) is 25.0 Å². The second-order valence-corrected chi connectivity index (χ2v) is 7.18. The lowest BCUT2D eigenvalue weighted by atomic mass is 10.0. The van der Waals surface area contributed by atoms with Gasteiger partial charge in [0.2, 0.25) is 0 Å². The van der Waals surface area contributed by atoms with E-state index in [0.717, 1.165) is 17.6 Å². The van der Waals surface area contributed by atoms with Crippen molar-refractivity contribution in [2.75, 3.05) is 34.4 Å². The SMILES string of the molecule is CC/C(=C\CC(C)C(=O)OCC[N+](C)(C)Cc1ccccc1)C(=O)OC. The van der Waals surface area contributed by atoms with Crippen LogP contribution in [-0.2, 0) is 25.6 Å². The van der Waals surface area contributed by atoms with Crippen LogP contribution in [0.15, 0.2) is 42.0 Å². The highest BCUT2D eigenvalue weighted by Gasteiger charge is 2.19. The molecule has 0 fully saturated rings. The summed E-state index contributed by atoms with van der Waals surface area (Å²) in [6.45, 7) is 5.71. The van der Waals surface area contributed by atoms with E-state index in [2.05, 4.69) is 26.2 Å². The van der Waals surface area contributed by atoms with Crippen LogP contribution in [0.2, 0.25) is 0 Å². The molecular weight excluding hydrogens is 330 g/mol. The van der Waals surface area contributed by atoms with Crippen molar-refractivity contribution in [3.8, 4) is 0 Å². The standard InChI is InChI=1S/C21H32NO4/c1-6-19(21(24)25-5)13-12-17(2)20(23)26-15-14-22(3,4)16-18-10-8-7-9-11-18/h7-11,13,17H,6,12,14-16H2,1-5H3/q+1/b19-13+. The quantitative estimate of drug-likeness (QED) is 0.364. The van der Waals surface area contributed by atoms with Crippen LogP contribution in [0.5, 0.6) is 0 Å². The summed E-state index contributed by atoms with van der Waals surface area (Å²) in [6, 6.07) is 10.3. The van der Waals surface area contributed by atoms with Crippen LogP contribution in [0.25, 0.3) is 0 Å². The average molecular weight is 362 g/mol. The highest BCUT2D eigenvalue weighted by Crippen LogP contribution is 2.12. The van der Waals surface area contributed by atoms with E-state index in [1.807, 2.05) is 32.0 Å². The number of benzene rings is 1. The Bertz CT molecular complexity index is 608. The molecule has 0 bridgehead atoms. The molecule has 0 aliphatic carbocycles. The number of carbonyl (C=O) groups is 2. The highest BCUT2D eigenvalue weighted by atomic mass is 16.5. The summed E-state index contributed by atoms with van der Waals surface area (Å²) in [4.78, 5) is 23.7. The van der Waals surface area contributed by atoms with Gasteiger partial charge in [-0.05, 0) is 12.8 Å². The maximum Gasteiger partial charge on any atom is 0.333 e. The Hall–Kier alpha value is -2.14. The minimum absolute atomic E-state index is 0.235. The van der Waals surface area contributed by atoms with Crippen molar-refractivity contribution in [1.82, 2.24) is 0 Å². The van der Waals surface area contributed by atoms with Gasteiger partial charge in [0.15, 0.2) is 0 Å². The number of hydrogen-bond acceptors (Lipinski definition) is 4. The fourth-order valence-corrected chi connectivity index (χ4v) is 2.61. The molecule has 0 aliphatic rings. The van der Waals surface area contributed by atoms with E-state index in [4.69, 9.17) is 9.47 Å². The summed E-state index contributed by atoms with van der Waals surface area (Å²) in [5.74, 6) is -0.861. The number of ether oxygens (including phenoxy) is 2. The third-order valence-electron chi connectivity index (χ3n) is 4.34. The van der Waals surface area contributed by atoms with Crippen LogP contribution >= 0.6 is 0 Å². The molecule has 5 heteroatoms. The van der Waals surface area contributed by atoms with Gasteiger partial charge >= 0.3 is 11.9 Å². The molecule has 0 spiro atoms. The Labute approximate surface area is 157 Å². The van der Waals surface area contributed by atoms with Gasteiger partial charge in [-0.1, -0.05) is 50.3 Å². The highest BCUT2D eigenvalue weighted by molar-refractivity contribution is 5.88. The van der Waals surface area contributed by atoms with Crippen molar-refractivity contribution in [3.05, 3.63) is 47.5 Å². The molecule has 1 aromatic carbocycles. The van der Waals surface area contributed by atoms with Crippen molar-refractivity contribution in [2.45, 2.75) is 33.2 Å². The lowest BCUT2D eigenvalue weighted by Crippen LogP contribution is -2.42. The van der Waals surface area contributed by atoms with E-state index >= 15 is 0 Å². The summed E-state index contributed by atoms with van der Waals surface area (Å²) in [5.41, 5.74) is 1.85. The van der Waals surface area contributed by atoms with E-state index < -0.39 is 0 Å². The fraction of sp³-hybridized carbons (Fsp3) is 0.524. The Kier molecular flexibility index (Phi) is 9.07. The first kappa shape index (κ1) is 21.9. The van der Waals surface area contributed by atoms with Crippen LogP contribution in [-0.4, -0.2) is 50.8 Å². The molecule has 0 aromatic heterocycles. The number of methoxy groups -OCH3 is 1. The zero-order valence-corrected chi connectivity index (χ0v) is 16.7. The largest absolute Gasteiger partial charge is 0.466 e. The lowest BCUT2D eigenvalue weighted by molar-refractivity contribution is -0.903. The van der Waals surface area contributed by atoms with Gasteiger partial charge in [0.05, 0.1) is 27.1 Å². The molecule has 0 saturated heterocycles. The van der Waals surface area contributed by atoms with Crippen LogP contribution in [0.3, 0.4) is 0 Å². The molecule has 0 radical (unpaired) electrons. The number of quaternary nitrogens is 1. The molecule has 1 rings (SSSR count). The van der Waals surface area contributed by atoms with E-state index in [9.17, 15) is 9.59 Å². The predicted octanol–water partition coefficient (Wildman–Crippen LogP) is 3.34. The number of nitrogens with zero attached hydrogens (tertiary/aromatic N) is 1. The van der Waals surface area contributed by atoms with Gasteiger partial charge in [-0.25, -0.2) is 4.79 Å².